The normalized spacial score (nSPS) is 21.9. The van der Waals surface area contributed by atoms with Crippen LogP contribution >= 0.6 is 23.1 Å². The molecule has 108 valence electrons. The minimum Gasteiger partial charge on any atom is -0.465 e. The molecule has 0 unspecified atom stereocenters. The van der Waals surface area contributed by atoms with Crippen molar-refractivity contribution in [3.05, 3.63) is 0 Å². The van der Waals surface area contributed by atoms with Gasteiger partial charge in [-0.2, -0.15) is 0 Å². The molecule has 6 nitrogen and oxygen atoms in total. The predicted molar refractivity (Wildman–Crippen MR) is 75.9 cm³/mol. The molecule has 1 aliphatic carbocycles. The minimum atomic E-state index is -0.188. The number of amides is 1. The summed E-state index contributed by atoms with van der Waals surface area (Å²) in [5.74, 6) is -0.101. The fraction of sp³-hybridized carbons (Fsp3) is 0.667. The molecule has 3 rings (SSSR count). The van der Waals surface area contributed by atoms with Crippen molar-refractivity contribution in [2.45, 2.75) is 48.2 Å². The van der Waals surface area contributed by atoms with E-state index in [1.54, 1.807) is 4.90 Å². The van der Waals surface area contributed by atoms with Gasteiger partial charge >= 0.3 is 5.97 Å². The van der Waals surface area contributed by atoms with E-state index in [2.05, 4.69) is 10.2 Å². The van der Waals surface area contributed by atoms with Crippen LogP contribution in [0, 0.1) is 0 Å². The Labute approximate surface area is 124 Å². The van der Waals surface area contributed by atoms with E-state index in [0.29, 0.717) is 24.6 Å². The number of nitrogens with zero attached hydrogens (tertiary/aromatic N) is 3. The summed E-state index contributed by atoms with van der Waals surface area (Å²) in [7, 11) is 0. The number of rotatable bonds is 5. The monoisotopic (exact) mass is 313 g/mol. The summed E-state index contributed by atoms with van der Waals surface area (Å²) in [5.41, 5.74) is 0. The molecule has 2 heterocycles. The van der Waals surface area contributed by atoms with Gasteiger partial charge in [0.2, 0.25) is 11.0 Å². The van der Waals surface area contributed by atoms with E-state index >= 15 is 0 Å². The number of carbonyl (C=O) groups is 2. The Hall–Kier alpha value is -1.15. The standard InChI is InChI=1S/C12H15N3O3S2/c1-2-9(16)15(7-3-4-7)11-13-14-12(20-11)19-8-5-6-18-10(8)17/h7-8H,2-6H2,1H3/t8-/m1/s1. The molecule has 0 bridgehead atoms. The first-order valence-electron chi connectivity index (χ1n) is 6.68. The van der Waals surface area contributed by atoms with Crippen molar-refractivity contribution < 1.29 is 14.3 Å². The molecule has 1 aliphatic heterocycles. The summed E-state index contributed by atoms with van der Waals surface area (Å²) in [4.78, 5) is 25.2. The highest BCUT2D eigenvalue weighted by Crippen LogP contribution is 2.38. The lowest BCUT2D eigenvalue weighted by atomic mass is 10.4. The summed E-state index contributed by atoms with van der Waals surface area (Å²) in [5, 5.41) is 8.66. The summed E-state index contributed by atoms with van der Waals surface area (Å²) in [6.07, 6.45) is 3.23. The number of thioether (sulfide) groups is 1. The highest BCUT2D eigenvalue weighted by molar-refractivity contribution is 8.02. The van der Waals surface area contributed by atoms with Gasteiger partial charge in [-0.05, 0) is 12.8 Å². The number of carbonyl (C=O) groups excluding carboxylic acids is 2. The van der Waals surface area contributed by atoms with Crippen LogP contribution in [0.4, 0.5) is 5.13 Å². The lowest BCUT2D eigenvalue weighted by Crippen LogP contribution is -2.32. The molecule has 1 saturated carbocycles. The lowest BCUT2D eigenvalue weighted by molar-refractivity contribution is -0.137. The van der Waals surface area contributed by atoms with E-state index in [1.165, 1.54) is 23.1 Å². The molecule has 0 radical (unpaired) electrons. The molecule has 1 aromatic rings. The van der Waals surface area contributed by atoms with Crippen LogP contribution in [-0.4, -0.2) is 40.0 Å². The minimum absolute atomic E-state index is 0.0838. The average molecular weight is 313 g/mol. The first-order chi connectivity index (χ1) is 9.69. The number of esters is 1. The van der Waals surface area contributed by atoms with E-state index in [4.69, 9.17) is 4.74 Å². The number of ether oxygens (including phenoxy) is 1. The van der Waals surface area contributed by atoms with Crippen LogP contribution in [0.3, 0.4) is 0 Å². The lowest BCUT2D eigenvalue weighted by Gasteiger charge is -2.17. The summed E-state index contributed by atoms with van der Waals surface area (Å²) in [6, 6.07) is 0.282. The SMILES string of the molecule is CCC(=O)N(c1nnc(S[C@@H]2CCOC2=O)s1)C1CC1. The van der Waals surface area contributed by atoms with Crippen LogP contribution in [-0.2, 0) is 14.3 Å². The molecule has 1 atom stereocenters. The van der Waals surface area contributed by atoms with Crippen molar-refractivity contribution in [1.82, 2.24) is 10.2 Å². The highest BCUT2D eigenvalue weighted by Gasteiger charge is 2.36. The maximum Gasteiger partial charge on any atom is 0.319 e. The molecule has 8 heteroatoms. The molecule has 1 saturated heterocycles. The number of cyclic esters (lactones) is 1. The van der Waals surface area contributed by atoms with Gasteiger partial charge in [0.15, 0.2) is 4.34 Å². The van der Waals surface area contributed by atoms with Gasteiger partial charge in [-0.15, -0.1) is 10.2 Å². The van der Waals surface area contributed by atoms with Crippen LogP contribution in [0.2, 0.25) is 0 Å². The van der Waals surface area contributed by atoms with Gasteiger partial charge in [-0.1, -0.05) is 30.0 Å². The molecule has 1 amide bonds. The third kappa shape index (κ3) is 2.80. The quantitative estimate of drug-likeness (QED) is 0.610. The summed E-state index contributed by atoms with van der Waals surface area (Å²) < 4.78 is 5.65. The van der Waals surface area contributed by atoms with E-state index in [-0.39, 0.29) is 23.2 Å². The van der Waals surface area contributed by atoms with Gasteiger partial charge in [0, 0.05) is 18.9 Å². The van der Waals surface area contributed by atoms with Gasteiger partial charge in [0.1, 0.15) is 5.25 Å². The zero-order valence-electron chi connectivity index (χ0n) is 11.1. The second kappa shape index (κ2) is 5.69. The Morgan fingerprint density at radius 2 is 2.25 bits per heavy atom. The van der Waals surface area contributed by atoms with Crippen LogP contribution in [0.5, 0.6) is 0 Å². The van der Waals surface area contributed by atoms with Crippen LogP contribution in [0.25, 0.3) is 0 Å². The maximum absolute atomic E-state index is 12.0. The zero-order chi connectivity index (χ0) is 14.1. The van der Waals surface area contributed by atoms with E-state index in [1.807, 2.05) is 6.92 Å². The smallest absolute Gasteiger partial charge is 0.319 e. The molecule has 0 spiro atoms. The second-order valence-electron chi connectivity index (χ2n) is 4.76. The van der Waals surface area contributed by atoms with Gasteiger partial charge in [-0.3, -0.25) is 14.5 Å². The Balaban J connectivity index is 1.71. The second-order valence-corrected chi connectivity index (χ2v) is 7.17. The van der Waals surface area contributed by atoms with Gasteiger partial charge in [0.05, 0.1) is 6.61 Å². The van der Waals surface area contributed by atoms with Crippen molar-refractivity contribution in [3.63, 3.8) is 0 Å². The van der Waals surface area contributed by atoms with Crippen LogP contribution in [0.15, 0.2) is 4.34 Å². The number of anilines is 1. The van der Waals surface area contributed by atoms with Crippen molar-refractivity contribution >= 4 is 40.1 Å². The maximum atomic E-state index is 12.0. The Morgan fingerprint density at radius 3 is 2.85 bits per heavy atom. The highest BCUT2D eigenvalue weighted by atomic mass is 32.2. The molecule has 0 N–H and O–H groups in total. The van der Waals surface area contributed by atoms with Crippen molar-refractivity contribution in [2.24, 2.45) is 0 Å². The largest absolute Gasteiger partial charge is 0.465 e. The van der Waals surface area contributed by atoms with Gasteiger partial charge in [-0.25, -0.2) is 0 Å². The predicted octanol–water partition coefficient (Wildman–Crippen LogP) is 1.85. The Kier molecular flexibility index (Phi) is 3.93. The molecular formula is C12H15N3O3S2. The summed E-state index contributed by atoms with van der Waals surface area (Å²) in [6.45, 7) is 2.33. The number of aromatic nitrogens is 2. The third-order valence-electron chi connectivity index (χ3n) is 3.22. The third-order valence-corrected chi connectivity index (χ3v) is 5.47. The van der Waals surface area contributed by atoms with E-state index < -0.39 is 0 Å². The van der Waals surface area contributed by atoms with Crippen LogP contribution < -0.4 is 4.90 Å². The Morgan fingerprint density at radius 1 is 1.45 bits per heavy atom. The van der Waals surface area contributed by atoms with Crippen molar-refractivity contribution in [2.75, 3.05) is 11.5 Å². The number of hydrogen-bond acceptors (Lipinski definition) is 7. The Bertz CT molecular complexity index is 530. The van der Waals surface area contributed by atoms with Crippen molar-refractivity contribution in [1.29, 1.82) is 0 Å². The number of hydrogen-bond donors (Lipinski definition) is 0. The molecule has 20 heavy (non-hydrogen) atoms. The van der Waals surface area contributed by atoms with E-state index in [9.17, 15) is 9.59 Å². The van der Waals surface area contributed by atoms with Crippen molar-refractivity contribution in [3.8, 4) is 0 Å². The molecule has 0 aromatic carbocycles. The van der Waals surface area contributed by atoms with Crippen LogP contribution in [0.1, 0.15) is 32.6 Å². The average Bonchev–Trinajstić information content (AvgIpc) is 3.03. The summed E-state index contributed by atoms with van der Waals surface area (Å²) >= 11 is 2.76. The molecule has 2 fully saturated rings. The fourth-order valence-electron chi connectivity index (χ4n) is 2.02. The van der Waals surface area contributed by atoms with Gasteiger partial charge in [0.25, 0.3) is 0 Å². The molecule has 2 aliphatic rings. The first-order valence-corrected chi connectivity index (χ1v) is 8.37. The van der Waals surface area contributed by atoms with E-state index in [0.717, 1.165) is 17.2 Å². The molecular weight excluding hydrogens is 298 g/mol. The zero-order valence-corrected chi connectivity index (χ0v) is 12.7. The van der Waals surface area contributed by atoms with Gasteiger partial charge < -0.3 is 4.74 Å². The first kappa shape index (κ1) is 13.8. The molecule has 1 aromatic heterocycles. The topological polar surface area (TPSA) is 72.4 Å². The fourth-order valence-corrected chi connectivity index (χ4v) is 4.17.